The molecule has 0 aliphatic carbocycles. The summed E-state index contributed by atoms with van der Waals surface area (Å²) < 4.78 is 5.22. The molecule has 2 aromatic rings. The molecule has 144 valence electrons. The Hall–Kier alpha value is -1.71. The normalized spacial score (nSPS) is 12.7. The van der Waals surface area contributed by atoms with Crippen molar-refractivity contribution in [3.63, 3.8) is 0 Å². The van der Waals surface area contributed by atoms with Crippen molar-refractivity contribution >= 4 is 29.9 Å². The third kappa shape index (κ3) is 8.11. The van der Waals surface area contributed by atoms with Gasteiger partial charge in [0, 0.05) is 25.2 Å². The van der Waals surface area contributed by atoms with E-state index < -0.39 is 0 Å². The molecule has 0 spiro atoms. The summed E-state index contributed by atoms with van der Waals surface area (Å²) in [4.78, 5) is 12.8. The van der Waals surface area contributed by atoms with Gasteiger partial charge in [-0.2, -0.15) is 4.98 Å². The molecule has 3 N–H and O–H groups in total. The summed E-state index contributed by atoms with van der Waals surface area (Å²) in [5, 5.41) is 7.18. The van der Waals surface area contributed by atoms with Crippen LogP contribution in [0.25, 0.3) is 11.6 Å². The Morgan fingerprint density at radius 3 is 2.77 bits per heavy atom. The number of aliphatic imine (C=N–C) groups is 1. The number of rotatable bonds is 9. The molecule has 0 radical (unpaired) electrons. The van der Waals surface area contributed by atoms with E-state index in [4.69, 9.17) is 10.3 Å². The van der Waals surface area contributed by atoms with Gasteiger partial charge in [-0.15, -0.1) is 24.0 Å². The minimum Gasteiger partial charge on any atom is -0.370 e. The van der Waals surface area contributed by atoms with Gasteiger partial charge in [0.1, 0.15) is 5.69 Å². The SMILES string of the molecule is CC(C)CCCC(C)NC(N)=NCCc1noc(-c2ccccn2)n1.I. The second-order valence-corrected chi connectivity index (χ2v) is 6.62. The van der Waals surface area contributed by atoms with Crippen molar-refractivity contribution in [2.45, 2.75) is 52.5 Å². The first-order chi connectivity index (χ1) is 12.0. The smallest absolute Gasteiger partial charge is 0.276 e. The first-order valence-electron chi connectivity index (χ1n) is 8.85. The molecule has 0 fully saturated rings. The zero-order chi connectivity index (χ0) is 18.1. The highest BCUT2D eigenvalue weighted by Gasteiger charge is 2.09. The van der Waals surface area contributed by atoms with Gasteiger partial charge < -0.3 is 15.6 Å². The molecule has 0 aromatic carbocycles. The lowest BCUT2D eigenvalue weighted by Gasteiger charge is -2.14. The fourth-order valence-corrected chi connectivity index (χ4v) is 2.43. The molecule has 0 aliphatic heterocycles. The number of halogens is 1. The van der Waals surface area contributed by atoms with Crippen molar-refractivity contribution in [3.05, 3.63) is 30.2 Å². The van der Waals surface area contributed by atoms with Crippen LogP contribution < -0.4 is 11.1 Å². The lowest BCUT2D eigenvalue weighted by molar-refractivity contribution is 0.421. The predicted molar refractivity (Wildman–Crippen MR) is 114 cm³/mol. The molecule has 26 heavy (non-hydrogen) atoms. The summed E-state index contributed by atoms with van der Waals surface area (Å²) in [7, 11) is 0. The van der Waals surface area contributed by atoms with E-state index in [1.807, 2.05) is 18.2 Å². The van der Waals surface area contributed by atoms with Crippen LogP contribution in [0.5, 0.6) is 0 Å². The van der Waals surface area contributed by atoms with Crippen LogP contribution in [0.1, 0.15) is 45.9 Å². The van der Waals surface area contributed by atoms with E-state index in [1.54, 1.807) is 6.20 Å². The van der Waals surface area contributed by atoms with E-state index in [0.717, 1.165) is 12.3 Å². The van der Waals surface area contributed by atoms with Gasteiger partial charge in [-0.3, -0.25) is 9.98 Å². The number of hydrogen-bond acceptors (Lipinski definition) is 5. The van der Waals surface area contributed by atoms with Gasteiger partial charge in [0.15, 0.2) is 11.8 Å². The highest BCUT2D eigenvalue weighted by atomic mass is 127. The van der Waals surface area contributed by atoms with Crippen LogP contribution in [0.15, 0.2) is 33.9 Å². The molecular weight excluding hydrogens is 443 g/mol. The van der Waals surface area contributed by atoms with Crippen molar-refractivity contribution < 1.29 is 4.52 Å². The van der Waals surface area contributed by atoms with Gasteiger partial charge in [0.2, 0.25) is 0 Å². The van der Waals surface area contributed by atoms with E-state index >= 15 is 0 Å². The summed E-state index contributed by atoms with van der Waals surface area (Å²) in [6, 6.07) is 5.88. The molecule has 0 amide bonds. The van der Waals surface area contributed by atoms with Crippen molar-refractivity contribution in [3.8, 4) is 11.6 Å². The number of hydrogen-bond donors (Lipinski definition) is 2. The zero-order valence-corrected chi connectivity index (χ0v) is 18.0. The summed E-state index contributed by atoms with van der Waals surface area (Å²) in [6.45, 7) is 7.12. The van der Waals surface area contributed by atoms with Crippen molar-refractivity contribution in [2.24, 2.45) is 16.6 Å². The molecular formula is C18H29IN6O. The van der Waals surface area contributed by atoms with Crippen molar-refractivity contribution in [2.75, 3.05) is 6.54 Å². The largest absolute Gasteiger partial charge is 0.370 e. The van der Waals surface area contributed by atoms with E-state index in [2.05, 4.69) is 46.2 Å². The third-order valence-corrected chi connectivity index (χ3v) is 3.78. The molecule has 0 saturated carbocycles. The Balaban J connectivity index is 0.00000338. The quantitative estimate of drug-likeness (QED) is 0.330. The molecule has 0 saturated heterocycles. The number of nitrogens with one attached hydrogen (secondary N) is 1. The van der Waals surface area contributed by atoms with Gasteiger partial charge in [0.05, 0.1) is 0 Å². The number of nitrogens with zero attached hydrogens (tertiary/aromatic N) is 4. The molecule has 0 aliphatic rings. The lowest BCUT2D eigenvalue weighted by atomic mass is 10.0. The molecule has 0 bridgehead atoms. The van der Waals surface area contributed by atoms with E-state index in [-0.39, 0.29) is 24.0 Å². The van der Waals surface area contributed by atoms with Crippen LogP contribution >= 0.6 is 24.0 Å². The van der Waals surface area contributed by atoms with E-state index in [9.17, 15) is 0 Å². The fourth-order valence-electron chi connectivity index (χ4n) is 2.43. The molecule has 7 nitrogen and oxygen atoms in total. The van der Waals surface area contributed by atoms with E-state index in [1.165, 1.54) is 12.8 Å². The number of pyridine rings is 1. The minimum absolute atomic E-state index is 0. The Kier molecular flexibility index (Phi) is 10.2. The van der Waals surface area contributed by atoms with Gasteiger partial charge in [-0.25, -0.2) is 0 Å². The molecule has 2 rings (SSSR count). The average molecular weight is 472 g/mol. The molecule has 2 aromatic heterocycles. The van der Waals surface area contributed by atoms with Gasteiger partial charge in [-0.05, 0) is 31.4 Å². The first kappa shape index (κ1) is 22.3. The van der Waals surface area contributed by atoms with Gasteiger partial charge in [0.25, 0.3) is 5.89 Å². The maximum atomic E-state index is 5.93. The highest BCUT2D eigenvalue weighted by molar-refractivity contribution is 14.0. The van der Waals surface area contributed by atoms with Crippen LogP contribution in [0.2, 0.25) is 0 Å². The molecule has 2 heterocycles. The van der Waals surface area contributed by atoms with E-state index in [0.29, 0.717) is 42.4 Å². The molecule has 1 atom stereocenters. The second-order valence-electron chi connectivity index (χ2n) is 6.62. The maximum Gasteiger partial charge on any atom is 0.276 e. The second kappa shape index (κ2) is 11.8. The summed E-state index contributed by atoms with van der Waals surface area (Å²) in [5.74, 6) is 2.22. The van der Waals surface area contributed by atoms with Gasteiger partial charge in [-0.1, -0.05) is 37.9 Å². The Morgan fingerprint density at radius 1 is 1.27 bits per heavy atom. The van der Waals surface area contributed by atoms with Crippen LogP contribution in [0, 0.1) is 5.92 Å². The van der Waals surface area contributed by atoms with Crippen LogP contribution in [-0.4, -0.2) is 33.7 Å². The van der Waals surface area contributed by atoms with Crippen LogP contribution in [-0.2, 0) is 6.42 Å². The number of guanidine groups is 1. The summed E-state index contributed by atoms with van der Waals surface area (Å²) in [6.07, 6.45) is 5.78. The number of nitrogens with two attached hydrogens (primary N) is 1. The summed E-state index contributed by atoms with van der Waals surface area (Å²) in [5.41, 5.74) is 6.60. The molecule has 1 unspecified atom stereocenters. The number of aromatic nitrogens is 3. The average Bonchev–Trinajstić information content (AvgIpc) is 3.04. The third-order valence-electron chi connectivity index (χ3n) is 3.78. The predicted octanol–water partition coefficient (Wildman–Crippen LogP) is 3.41. The Morgan fingerprint density at radius 2 is 2.08 bits per heavy atom. The zero-order valence-electron chi connectivity index (χ0n) is 15.7. The van der Waals surface area contributed by atoms with Crippen molar-refractivity contribution in [1.29, 1.82) is 0 Å². The lowest BCUT2D eigenvalue weighted by Crippen LogP contribution is -2.38. The van der Waals surface area contributed by atoms with Crippen LogP contribution in [0.3, 0.4) is 0 Å². The maximum absolute atomic E-state index is 5.93. The molecule has 8 heteroatoms. The first-order valence-corrected chi connectivity index (χ1v) is 8.85. The Labute approximate surface area is 172 Å². The minimum atomic E-state index is 0. The van der Waals surface area contributed by atoms with Crippen molar-refractivity contribution in [1.82, 2.24) is 20.4 Å². The summed E-state index contributed by atoms with van der Waals surface area (Å²) >= 11 is 0. The monoisotopic (exact) mass is 472 g/mol. The highest BCUT2D eigenvalue weighted by Crippen LogP contribution is 2.13. The topological polar surface area (TPSA) is 102 Å². The van der Waals surface area contributed by atoms with Gasteiger partial charge >= 0.3 is 0 Å². The van der Waals surface area contributed by atoms with Crippen LogP contribution in [0.4, 0.5) is 0 Å². The fraction of sp³-hybridized carbons (Fsp3) is 0.556. The standard InChI is InChI=1S/C18H28N6O.HI/c1-13(2)7-6-8-14(3)22-18(19)21-12-10-16-23-17(25-24-16)15-9-4-5-11-20-15;/h4-5,9,11,13-14H,6-8,10,12H2,1-3H3,(H3,19,21,22);1H. The Bertz CT molecular complexity index is 659.